The van der Waals surface area contributed by atoms with E-state index in [9.17, 15) is 9.90 Å². The largest absolute Gasteiger partial charge is 0.388 e. The van der Waals surface area contributed by atoms with Crippen molar-refractivity contribution in [2.45, 2.75) is 24.4 Å². The summed E-state index contributed by atoms with van der Waals surface area (Å²) in [4.78, 5) is 12.5. The zero-order chi connectivity index (χ0) is 15.8. The molecule has 2 aliphatic rings. The number of rotatable bonds is 3. The van der Waals surface area contributed by atoms with Gasteiger partial charge in [-0.1, -0.05) is 12.1 Å². The number of hydrogen-bond acceptors (Lipinski definition) is 5. The van der Waals surface area contributed by atoms with Crippen LogP contribution in [0.4, 0.5) is 0 Å². The van der Waals surface area contributed by atoms with Gasteiger partial charge in [0, 0.05) is 17.3 Å². The van der Waals surface area contributed by atoms with E-state index in [4.69, 9.17) is 9.47 Å². The Balaban J connectivity index is 1.49. The number of ether oxygens (including phenoxy) is 2. The Morgan fingerprint density at radius 1 is 1.26 bits per heavy atom. The van der Waals surface area contributed by atoms with Gasteiger partial charge in [0.2, 0.25) is 0 Å². The van der Waals surface area contributed by atoms with Gasteiger partial charge >= 0.3 is 0 Å². The lowest BCUT2D eigenvalue weighted by molar-refractivity contribution is 0.0178. The molecule has 23 heavy (non-hydrogen) atoms. The van der Waals surface area contributed by atoms with E-state index in [0.29, 0.717) is 12.2 Å². The molecule has 0 spiro atoms. The fourth-order valence-corrected chi connectivity index (χ4v) is 3.10. The quantitative estimate of drug-likeness (QED) is 0.759. The second-order valence-corrected chi connectivity index (χ2v) is 5.81. The summed E-state index contributed by atoms with van der Waals surface area (Å²) in [6, 6.07) is 7.09. The Morgan fingerprint density at radius 2 is 2.13 bits per heavy atom. The maximum Gasteiger partial charge on any atom is 0.251 e. The fourth-order valence-electron chi connectivity index (χ4n) is 3.10. The van der Waals surface area contributed by atoms with Crippen LogP contribution in [0, 0.1) is 0 Å². The van der Waals surface area contributed by atoms with Crippen LogP contribution in [0.15, 0.2) is 36.7 Å². The molecule has 120 valence electrons. The van der Waals surface area contributed by atoms with Crippen molar-refractivity contribution < 1.29 is 19.4 Å². The van der Waals surface area contributed by atoms with Crippen LogP contribution in [-0.4, -0.2) is 58.8 Å². The molecule has 0 unspecified atom stereocenters. The van der Waals surface area contributed by atoms with Crippen molar-refractivity contribution in [3.8, 4) is 11.1 Å². The van der Waals surface area contributed by atoms with E-state index in [1.54, 1.807) is 18.5 Å². The Labute approximate surface area is 132 Å². The van der Waals surface area contributed by atoms with E-state index in [0.717, 1.165) is 11.1 Å². The van der Waals surface area contributed by atoms with Crippen LogP contribution in [0.5, 0.6) is 0 Å². The fraction of sp³-hybridized carbons (Fsp3) is 0.375. The molecule has 0 aliphatic carbocycles. The molecule has 1 aromatic heterocycles. The van der Waals surface area contributed by atoms with Crippen LogP contribution >= 0.6 is 0 Å². The van der Waals surface area contributed by atoms with Crippen molar-refractivity contribution in [2.75, 3.05) is 13.2 Å². The minimum atomic E-state index is -0.619. The Morgan fingerprint density at radius 3 is 2.96 bits per heavy atom. The molecular formula is C16H17N3O4. The van der Waals surface area contributed by atoms with E-state index in [2.05, 4.69) is 15.5 Å². The number of nitrogens with one attached hydrogen (secondary N) is 2. The standard InChI is InChI=1S/C16H17N3O4/c20-13-8-23-14-12(7-22-15(13)14)19-16(21)10-3-1-2-9(4-10)11-5-17-18-6-11/h1-6,12-15,20H,7-8H2,(H,17,18)(H,19,21)/t12-,13-,14+,15+/m0/s1. The molecule has 1 aromatic carbocycles. The average Bonchev–Trinajstić information content (AvgIpc) is 3.29. The highest BCUT2D eigenvalue weighted by Gasteiger charge is 2.47. The highest BCUT2D eigenvalue weighted by Crippen LogP contribution is 2.27. The number of aliphatic hydroxyl groups is 1. The number of carbonyl (C=O) groups excluding carboxylic acids is 1. The number of H-pyrrole nitrogens is 1. The molecule has 2 aliphatic heterocycles. The molecule has 7 heteroatoms. The van der Waals surface area contributed by atoms with E-state index in [1.165, 1.54) is 0 Å². The van der Waals surface area contributed by atoms with Crippen molar-refractivity contribution in [1.82, 2.24) is 15.5 Å². The lowest BCUT2D eigenvalue weighted by Crippen LogP contribution is -2.44. The second-order valence-electron chi connectivity index (χ2n) is 5.81. The van der Waals surface area contributed by atoms with E-state index in [1.807, 2.05) is 18.2 Å². The van der Waals surface area contributed by atoms with Crippen LogP contribution in [0.1, 0.15) is 10.4 Å². The minimum absolute atomic E-state index is 0.186. The number of aliphatic hydroxyl groups excluding tert-OH is 1. The first-order valence-corrected chi connectivity index (χ1v) is 7.54. The zero-order valence-corrected chi connectivity index (χ0v) is 12.3. The van der Waals surface area contributed by atoms with Crippen LogP contribution in [0.2, 0.25) is 0 Å². The first-order chi connectivity index (χ1) is 11.2. The van der Waals surface area contributed by atoms with Crippen LogP contribution in [0.3, 0.4) is 0 Å². The molecule has 2 saturated heterocycles. The first kappa shape index (κ1) is 14.4. The van der Waals surface area contributed by atoms with Gasteiger partial charge in [0.05, 0.1) is 25.5 Å². The highest BCUT2D eigenvalue weighted by atomic mass is 16.6. The van der Waals surface area contributed by atoms with Gasteiger partial charge in [-0.15, -0.1) is 0 Å². The molecule has 4 rings (SSSR count). The van der Waals surface area contributed by atoms with Gasteiger partial charge in [0.15, 0.2) is 0 Å². The molecule has 0 saturated carbocycles. The lowest BCUT2D eigenvalue weighted by atomic mass is 10.0. The number of benzene rings is 1. The maximum absolute atomic E-state index is 12.5. The van der Waals surface area contributed by atoms with Crippen LogP contribution in [0.25, 0.3) is 11.1 Å². The van der Waals surface area contributed by atoms with Gasteiger partial charge in [-0.05, 0) is 17.7 Å². The Bertz CT molecular complexity index is 703. The SMILES string of the molecule is O=C(N[C@H]1CO[C@H]2[C@@H]1OC[C@@H]2O)c1cccc(-c2cn[nH]c2)c1. The molecule has 3 heterocycles. The van der Waals surface area contributed by atoms with Gasteiger partial charge in [-0.3, -0.25) is 9.89 Å². The summed E-state index contributed by atoms with van der Waals surface area (Å²) in [6.45, 7) is 0.594. The van der Waals surface area contributed by atoms with Crippen LogP contribution in [-0.2, 0) is 9.47 Å². The monoisotopic (exact) mass is 315 g/mol. The molecular weight excluding hydrogens is 298 g/mol. The third kappa shape index (κ3) is 2.63. The lowest BCUT2D eigenvalue weighted by Gasteiger charge is -2.17. The summed E-state index contributed by atoms with van der Waals surface area (Å²) in [7, 11) is 0. The van der Waals surface area contributed by atoms with Gasteiger partial charge in [-0.25, -0.2) is 0 Å². The highest BCUT2D eigenvalue weighted by molar-refractivity contribution is 5.95. The molecule has 0 radical (unpaired) electrons. The van der Waals surface area contributed by atoms with Gasteiger partial charge in [0.1, 0.15) is 18.3 Å². The molecule has 0 bridgehead atoms. The maximum atomic E-state index is 12.5. The van der Waals surface area contributed by atoms with Crippen molar-refractivity contribution in [2.24, 2.45) is 0 Å². The second kappa shape index (κ2) is 5.77. The molecule has 4 atom stereocenters. The molecule has 2 aromatic rings. The van der Waals surface area contributed by atoms with Crippen molar-refractivity contribution in [3.05, 3.63) is 42.2 Å². The number of fused-ring (bicyclic) bond motifs is 1. The summed E-state index contributed by atoms with van der Waals surface area (Å²) in [5.74, 6) is -0.186. The summed E-state index contributed by atoms with van der Waals surface area (Å²) in [5, 5.41) is 19.3. The smallest absolute Gasteiger partial charge is 0.251 e. The third-order valence-corrected chi connectivity index (χ3v) is 4.30. The van der Waals surface area contributed by atoms with Crippen LogP contribution < -0.4 is 5.32 Å². The predicted molar refractivity (Wildman–Crippen MR) is 80.8 cm³/mol. The summed E-state index contributed by atoms with van der Waals surface area (Å²) in [5.41, 5.74) is 2.40. The third-order valence-electron chi connectivity index (χ3n) is 4.30. The number of nitrogens with zero attached hydrogens (tertiary/aromatic N) is 1. The zero-order valence-electron chi connectivity index (χ0n) is 12.3. The van der Waals surface area contributed by atoms with Gasteiger partial charge in [0.25, 0.3) is 5.91 Å². The number of aromatic amines is 1. The van der Waals surface area contributed by atoms with E-state index < -0.39 is 6.10 Å². The molecule has 3 N–H and O–H groups in total. The summed E-state index contributed by atoms with van der Waals surface area (Å²) >= 11 is 0. The first-order valence-electron chi connectivity index (χ1n) is 7.54. The topological polar surface area (TPSA) is 96.5 Å². The normalized spacial score (nSPS) is 29.4. The van der Waals surface area contributed by atoms with E-state index >= 15 is 0 Å². The van der Waals surface area contributed by atoms with Crippen molar-refractivity contribution in [3.63, 3.8) is 0 Å². The average molecular weight is 315 g/mol. The molecule has 1 amide bonds. The number of carbonyl (C=O) groups is 1. The summed E-state index contributed by atoms with van der Waals surface area (Å²) < 4.78 is 11.0. The minimum Gasteiger partial charge on any atom is -0.388 e. The molecule has 2 fully saturated rings. The van der Waals surface area contributed by atoms with Gasteiger partial charge in [-0.2, -0.15) is 5.10 Å². The number of hydrogen-bond donors (Lipinski definition) is 3. The van der Waals surface area contributed by atoms with E-state index in [-0.39, 0.29) is 30.8 Å². The summed E-state index contributed by atoms with van der Waals surface area (Å²) in [6.07, 6.45) is 2.23. The van der Waals surface area contributed by atoms with Crippen molar-refractivity contribution in [1.29, 1.82) is 0 Å². The van der Waals surface area contributed by atoms with Gasteiger partial charge < -0.3 is 19.9 Å². The molecule has 7 nitrogen and oxygen atoms in total. The predicted octanol–water partition coefficient (Wildman–Crippen LogP) is 0.334. The van der Waals surface area contributed by atoms with Crippen molar-refractivity contribution >= 4 is 5.91 Å². The Hall–Kier alpha value is -2.22. The number of amides is 1. The number of aromatic nitrogens is 2. The Kier molecular flexibility index (Phi) is 3.60.